The number of aryl methyl sites for hydroxylation is 1. The van der Waals surface area contributed by atoms with Crippen LogP contribution in [0, 0.1) is 5.82 Å². The van der Waals surface area contributed by atoms with E-state index >= 15 is 0 Å². The van der Waals surface area contributed by atoms with Gasteiger partial charge >= 0.3 is 0 Å². The van der Waals surface area contributed by atoms with E-state index in [-0.39, 0.29) is 23.9 Å². The highest BCUT2D eigenvalue weighted by Crippen LogP contribution is 2.32. The zero-order valence-electron chi connectivity index (χ0n) is 21.5. The standard InChI is InChI=1S/C29H31FN6O2/c1-18-16-36(17-19(2)38-18)28-27(21-6-9-23(30)10-7-21)34-25-14-22(8-11-24(25)35-28)29(37)32-13-3-4-20-5-12-26(31)33-15-20/h5-12,14-15,18-19H,3-4,13,16-17H2,1-2H3,(H2,31,33)(H,32,37). The zero-order valence-corrected chi connectivity index (χ0v) is 21.5. The molecule has 1 aliphatic rings. The van der Waals surface area contributed by atoms with Crippen LogP contribution >= 0.6 is 0 Å². The molecule has 1 saturated heterocycles. The average Bonchev–Trinajstić information content (AvgIpc) is 2.91. The number of rotatable bonds is 7. The number of fused-ring (bicyclic) bond motifs is 1. The fraction of sp³-hybridized carbons (Fsp3) is 0.310. The van der Waals surface area contributed by atoms with E-state index in [0.717, 1.165) is 29.8 Å². The van der Waals surface area contributed by atoms with Crippen molar-refractivity contribution in [1.82, 2.24) is 20.3 Å². The zero-order chi connectivity index (χ0) is 26.6. The Balaban J connectivity index is 1.38. The molecule has 38 heavy (non-hydrogen) atoms. The molecule has 2 aromatic heterocycles. The number of nitrogens with one attached hydrogen (secondary N) is 1. The summed E-state index contributed by atoms with van der Waals surface area (Å²) in [6.45, 7) is 5.94. The Morgan fingerprint density at radius 1 is 1.05 bits per heavy atom. The van der Waals surface area contributed by atoms with Gasteiger partial charge in [0.25, 0.3) is 5.91 Å². The molecule has 3 heterocycles. The fourth-order valence-electron chi connectivity index (χ4n) is 4.74. The second kappa shape index (κ2) is 11.1. The molecule has 5 rings (SSSR count). The Kier molecular flexibility index (Phi) is 7.46. The van der Waals surface area contributed by atoms with E-state index in [9.17, 15) is 9.18 Å². The highest BCUT2D eigenvalue weighted by Gasteiger charge is 2.26. The molecule has 1 amide bonds. The van der Waals surface area contributed by atoms with Crippen molar-refractivity contribution in [2.24, 2.45) is 0 Å². The lowest BCUT2D eigenvalue weighted by Gasteiger charge is -2.36. The molecule has 4 aromatic rings. The van der Waals surface area contributed by atoms with Crippen molar-refractivity contribution >= 4 is 28.6 Å². The Morgan fingerprint density at radius 3 is 2.53 bits per heavy atom. The van der Waals surface area contributed by atoms with Crippen LogP contribution in [-0.4, -0.2) is 52.7 Å². The number of aromatic nitrogens is 3. The molecule has 9 heteroatoms. The van der Waals surface area contributed by atoms with Gasteiger partial charge < -0.3 is 20.7 Å². The summed E-state index contributed by atoms with van der Waals surface area (Å²) in [7, 11) is 0. The number of nitrogens with zero attached hydrogens (tertiary/aromatic N) is 4. The summed E-state index contributed by atoms with van der Waals surface area (Å²) in [6.07, 6.45) is 3.41. The van der Waals surface area contributed by atoms with Crippen LogP contribution < -0.4 is 16.0 Å². The largest absolute Gasteiger partial charge is 0.384 e. The predicted molar refractivity (Wildman–Crippen MR) is 146 cm³/mol. The number of carbonyl (C=O) groups excluding carboxylic acids is 1. The summed E-state index contributed by atoms with van der Waals surface area (Å²) in [6, 6.07) is 15.3. The van der Waals surface area contributed by atoms with Crippen molar-refractivity contribution in [1.29, 1.82) is 0 Å². The smallest absolute Gasteiger partial charge is 0.251 e. The first-order valence-electron chi connectivity index (χ1n) is 12.8. The van der Waals surface area contributed by atoms with Gasteiger partial charge in [0.2, 0.25) is 0 Å². The third kappa shape index (κ3) is 5.89. The molecule has 0 saturated carbocycles. The van der Waals surface area contributed by atoms with Crippen LogP contribution in [0.25, 0.3) is 22.3 Å². The lowest BCUT2D eigenvalue weighted by molar-refractivity contribution is -0.00542. The molecular weight excluding hydrogens is 483 g/mol. The van der Waals surface area contributed by atoms with Gasteiger partial charge in [0.05, 0.1) is 23.2 Å². The summed E-state index contributed by atoms with van der Waals surface area (Å²) in [5, 5.41) is 2.97. The number of nitrogen functional groups attached to an aromatic ring is 1. The number of pyridine rings is 1. The van der Waals surface area contributed by atoms with Crippen molar-refractivity contribution in [2.45, 2.75) is 38.9 Å². The molecule has 0 aliphatic carbocycles. The van der Waals surface area contributed by atoms with Crippen LogP contribution in [0.3, 0.4) is 0 Å². The number of carbonyl (C=O) groups is 1. The van der Waals surface area contributed by atoms with Gasteiger partial charge in [-0.15, -0.1) is 0 Å². The minimum atomic E-state index is -0.315. The summed E-state index contributed by atoms with van der Waals surface area (Å²) < 4.78 is 19.6. The Bertz CT molecular complexity index is 1420. The summed E-state index contributed by atoms with van der Waals surface area (Å²) in [4.78, 5) is 29.0. The van der Waals surface area contributed by atoms with E-state index in [0.29, 0.717) is 47.7 Å². The van der Waals surface area contributed by atoms with Crippen LogP contribution in [0.15, 0.2) is 60.8 Å². The first-order chi connectivity index (χ1) is 18.4. The van der Waals surface area contributed by atoms with Gasteiger partial charge in [0.15, 0.2) is 5.82 Å². The predicted octanol–water partition coefficient (Wildman–Crippen LogP) is 4.39. The maximum Gasteiger partial charge on any atom is 0.251 e. The Labute approximate surface area is 221 Å². The van der Waals surface area contributed by atoms with Gasteiger partial charge in [-0.3, -0.25) is 4.79 Å². The number of anilines is 2. The van der Waals surface area contributed by atoms with E-state index in [1.165, 1.54) is 12.1 Å². The van der Waals surface area contributed by atoms with Gasteiger partial charge in [-0.2, -0.15) is 0 Å². The van der Waals surface area contributed by atoms with Crippen molar-refractivity contribution in [3.8, 4) is 11.3 Å². The summed E-state index contributed by atoms with van der Waals surface area (Å²) >= 11 is 0. The molecule has 0 spiro atoms. The number of nitrogens with two attached hydrogens (primary N) is 1. The maximum atomic E-state index is 13.7. The van der Waals surface area contributed by atoms with Gasteiger partial charge in [0, 0.05) is 37.0 Å². The second-order valence-corrected chi connectivity index (χ2v) is 9.72. The Morgan fingerprint density at radius 2 is 1.82 bits per heavy atom. The topological polar surface area (TPSA) is 106 Å². The molecule has 0 radical (unpaired) electrons. The fourth-order valence-corrected chi connectivity index (χ4v) is 4.74. The van der Waals surface area contributed by atoms with Crippen LogP contribution in [0.4, 0.5) is 16.0 Å². The third-order valence-corrected chi connectivity index (χ3v) is 6.52. The number of benzene rings is 2. The number of halogens is 1. The number of morpholine rings is 1. The molecule has 2 atom stereocenters. The highest BCUT2D eigenvalue weighted by molar-refractivity contribution is 5.98. The Hall–Kier alpha value is -4.11. The molecule has 2 aromatic carbocycles. The van der Waals surface area contributed by atoms with Gasteiger partial charge in [-0.05, 0) is 80.8 Å². The van der Waals surface area contributed by atoms with Gasteiger partial charge in [-0.1, -0.05) is 6.07 Å². The van der Waals surface area contributed by atoms with Crippen molar-refractivity contribution in [3.05, 3.63) is 77.7 Å². The number of hydrogen-bond acceptors (Lipinski definition) is 7. The second-order valence-electron chi connectivity index (χ2n) is 9.72. The lowest BCUT2D eigenvalue weighted by atomic mass is 10.1. The molecule has 3 N–H and O–H groups in total. The first kappa shape index (κ1) is 25.5. The number of amides is 1. The first-order valence-corrected chi connectivity index (χ1v) is 12.8. The molecule has 8 nitrogen and oxygen atoms in total. The summed E-state index contributed by atoms with van der Waals surface area (Å²) in [5.41, 5.74) is 9.90. The van der Waals surface area contributed by atoms with Crippen molar-refractivity contribution in [2.75, 3.05) is 30.3 Å². The monoisotopic (exact) mass is 514 g/mol. The van der Waals surface area contributed by atoms with E-state index in [1.54, 1.807) is 36.5 Å². The van der Waals surface area contributed by atoms with Gasteiger partial charge in [0.1, 0.15) is 17.3 Å². The molecule has 196 valence electrons. The lowest BCUT2D eigenvalue weighted by Crippen LogP contribution is -2.46. The molecule has 2 unspecified atom stereocenters. The maximum absolute atomic E-state index is 13.7. The van der Waals surface area contributed by atoms with E-state index in [1.807, 2.05) is 26.0 Å². The van der Waals surface area contributed by atoms with Crippen LogP contribution in [0.2, 0.25) is 0 Å². The SMILES string of the molecule is CC1CN(c2nc3ccc(C(=O)NCCCc4ccc(N)nc4)cc3nc2-c2ccc(F)cc2)CC(C)O1. The summed E-state index contributed by atoms with van der Waals surface area (Å²) in [5.74, 6) is 0.724. The molecule has 1 aliphatic heterocycles. The third-order valence-electron chi connectivity index (χ3n) is 6.52. The van der Waals surface area contributed by atoms with Crippen LogP contribution in [0.5, 0.6) is 0 Å². The minimum Gasteiger partial charge on any atom is -0.384 e. The van der Waals surface area contributed by atoms with E-state index < -0.39 is 0 Å². The molecule has 1 fully saturated rings. The van der Waals surface area contributed by atoms with Crippen molar-refractivity contribution < 1.29 is 13.9 Å². The molecule has 0 bridgehead atoms. The number of ether oxygens (including phenoxy) is 1. The van der Waals surface area contributed by atoms with Crippen molar-refractivity contribution in [3.63, 3.8) is 0 Å². The van der Waals surface area contributed by atoms with E-state index in [4.69, 9.17) is 20.4 Å². The van der Waals surface area contributed by atoms with E-state index in [2.05, 4.69) is 15.2 Å². The number of hydrogen-bond donors (Lipinski definition) is 2. The average molecular weight is 515 g/mol. The highest BCUT2D eigenvalue weighted by atomic mass is 19.1. The van der Waals surface area contributed by atoms with Crippen LogP contribution in [-0.2, 0) is 11.2 Å². The quantitative estimate of drug-likeness (QED) is 0.352. The molecular formula is C29H31FN6O2. The van der Waals surface area contributed by atoms with Crippen LogP contribution in [0.1, 0.15) is 36.2 Å². The normalized spacial score (nSPS) is 17.5. The van der Waals surface area contributed by atoms with Gasteiger partial charge in [-0.25, -0.2) is 19.3 Å². The minimum absolute atomic E-state index is 0.0414.